The van der Waals surface area contributed by atoms with Crippen LogP contribution in [0.2, 0.25) is 0 Å². The van der Waals surface area contributed by atoms with E-state index >= 15 is 0 Å². The molecule has 6 heteroatoms. The smallest absolute Gasteiger partial charge is 0.319 e. The molecule has 0 amide bonds. The predicted molar refractivity (Wildman–Crippen MR) is 97.4 cm³/mol. The van der Waals surface area contributed by atoms with Gasteiger partial charge in [-0.05, 0) is 19.4 Å². The SMILES string of the molecule is Cc1ccc(-c2csc3ncnc(S[C@H]4C[C@H](C)OC4=O)c23)cc1. The van der Waals surface area contributed by atoms with Crippen molar-refractivity contribution in [1.29, 1.82) is 0 Å². The summed E-state index contributed by atoms with van der Waals surface area (Å²) in [5.74, 6) is -0.147. The minimum atomic E-state index is -0.191. The van der Waals surface area contributed by atoms with Gasteiger partial charge in [0.25, 0.3) is 0 Å². The number of thiophene rings is 1. The first-order chi connectivity index (χ1) is 11.6. The fourth-order valence-electron chi connectivity index (χ4n) is 2.83. The third-order valence-electron chi connectivity index (χ3n) is 4.08. The van der Waals surface area contributed by atoms with Crippen molar-refractivity contribution in [1.82, 2.24) is 9.97 Å². The van der Waals surface area contributed by atoms with E-state index in [4.69, 9.17) is 4.74 Å². The van der Waals surface area contributed by atoms with E-state index in [2.05, 4.69) is 46.5 Å². The lowest BCUT2D eigenvalue weighted by Crippen LogP contribution is -2.09. The van der Waals surface area contributed by atoms with Crippen LogP contribution in [0.1, 0.15) is 18.9 Å². The third-order valence-corrected chi connectivity index (χ3v) is 6.17. The second kappa shape index (κ2) is 6.18. The van der Waals surface area contributed by atoms with Gasteiger partial charge in [-0.15, -0.1) is 11.3 Å². The van der Waals surface area contributed by atoms with Gasteiger partial charge in [0.1, 0.15) is 27.5 Å². The number of rotatable bonds is 3. The molecule has 2 aromatic heterocycles. The molecule has 24 heavy (non-hydrogen) atoms. The average Bonchev–Trinajstić information content (AvgIpc) is 3.12. The van der Waals surface area contributed by atoms with Gasteiger partial charge < -0.3 is 4.74 Å². The number of esters is 1. The standard InChI is InChI=1S/C18H16N2O2S2/c1-10-3-5-12(6-4-10)13-8-23-16-15(13)17(20-9-19-16)24-14-7-11(2)22-18(14)21/h3-6,8-9,11,14H,7H2,1-2H3/t11-,14-/m0/s1. The molecule has 0 aliphatic carbocycles. The summed E-state index contributed by atoms with van der Waals surface area (Å²) in [4.78, 5) is 21.8. The number of hydrogen-bond acceptors (Lipinski definition) is 6. The third kappa shape index (κ3) is 2.80. The Hall–Kier alpha value is -1.92. The molecule has 1 aromatic carbocycles. The molecule has 1 aliphatic heterocycles. The zero-order valence-corrected chi connectivity index (χ0v) is 15.0. The van der Waals surface area contributed by atoms with Gasteiger partial charge in [-0.3, -0.25) is 4.79 Å². The van der Waals surface area contributed by atoms with Crippen molar-refractivity contribution < 1.29 is 9.53 Å². The highest BCUT2D eigenvalue weighted by Crippen LogP contribution is 2.40. The molecule has 0 radical (unpaired) electrons. The van der Waals surface area contributed by atoms with Crippen molar-refractivity contribution in [3.8, 4) is 11.1 Å². The van der Waals surface area contributed by atoms with Crippen molar-refractivity contribution in [3.63, 3.8) is 0 Å². The number of ether oxygens (including phenoxy) is 1. The van der Waals surface area contributed by atoms with E-state index in [1.54, 1.807) is 17.7 Å². The maximum absolute atomic E-state index is 12.0. The summed E-state index contributed by atoms with van der Waals surface area (Å²) >= 11 is 3.10. The summed E-state index contributed by atoms with van der Waals surface area (Å²) in [6.45, 7) is 4.00. The largest absolute Gasteiger partial charge is 0.462 e. The summed E-state index contributed by atoms with van der Waals surface area (Å²) in [6.07, 6.45) is 2.27. The maximum atomic E-state index is 12.0. The fraction of sp³-hybridized carbons (Fsp3) is 0.278. The predicted octanol–water partition coefficient (Wildman–Crippen LogP) is 4.46. The monoisotopic (exact) mass is 356 g/mol. The number of benzene rings is 1. The lowest BCUT2D eigenvalue weighted by atomic mass is 10.1. The Morgan fingerprint density at radius 1 is 1.25 bits per heavy atom. The number of nitrogens with zero attached hydrogens (tertiary/aromatic N) is 2. The van der Waals surface area contributed by atoms with Crippen LogP contribution in [0.3, 0.4) is 0 Å². The quantitative estimate of drug-likeness (QED) is 0.512. The van der Waals surface area contributed by atoms with E-state index in [9.17, 15) is 4.79 Å². The molecule has 122 valence electrons. The highest BCUT2D eigenvalue weighted by Gasteiger charge is 2.33. The van der Waals surface area contributed by atoms with E-state index in [1.807, 2.05) is 6.92 Å². The van der Waals surface area contributed by atoms with Gasteiger partial charge in [-0.25, -0.2) is 9.97 Å². The normalized spacial score (nSPS) is 20.5. The van der Waals surface area contributed by atoms with Crippen molar-refractivity contribution in [3.05, 3.63) is 41.5 Å². The van der Waals surface area contributed by atoms with Crippen LogP contribution in [-0.2, 0) is 9.53 Å². The molecule has 3 aromatic rings. The van der Waals surface area contributed by atoms with Gasteiger partial charge in [-0.1, -0.05) is 41.6 Å². The van der Waals surface area contributed by atoms with Crippen LogP contribution >= 0.6 is 23.1 Å². The Morgan fingerprint density at radius 2 is 2.04 bits per heavy atom. The van der Waals surface area contributed by atoms with Crippen LogP contribution < -0.4 is 0 Å². The first-order valence-corrected chi connectivity index (χ1v) is 9.54. The number of fused-ring (bicyclic) bond motifs is 1. The number of aryl methyl sites for hydroxylation is 1. The van der Waals surface area contributed by atoms with Gasteiger partial charge in [0.15, 0.2) is 0 Å². The maximum Gasteiger partial charge on any atom is 0.319 e. The van der Waals surface area contributed by atoms with Crippen molar-refractivity contribution in [2.45, 2.75) is 36.6 Å². The number of carbonyl (C=O) groups is 1. The van der Waals surface area contributed by atoms with Crippen LogP contribution in [0.4, 0.5) is 0 Å². The number of aromatic nitrogens is 2. The summed E-state index contributed by atoms with van der Waals surface area (Å²) in [5, 5.41) is 3.81. The zero-order valence-electron chi connectivity index (χ0n) is 13.4. The molecular weight excluding hydrogens is 340 g/mol. The number of carbonyl (C=O) groups excluding carboxylic acids is 1. The summed E-state index contributed by atoms with van der Waals surface area (Å²) in [5.41, 5.74) is 3.50. The highest BCUT2D eigenvalue weighted by atomic mass is 32.2. The lowest BCUT2D eigenvalue weighted by Gasteiger charge is -2.08. The van der Waals surface area contributed by atoms with Crippen LogP contribution in [0.25, 0.3) is 21.3 Å². The van der Waals surface area contributed by atoms with Crippen molar-refractivity contribution in [2.75, 3.05) is 0 Å². The molecule has 0 spiro atoms. The molecule has 3 heterocycles. The molecule has 4 nitrogen and oxygen atoms in total. The Kier molecular flexibility index (Phi) is 4.02. The molecule has 4 rings (SSSR count). The lowest BCUT2D eigenvalue weighted by molar-refractivity contribution is -0.140. The molecule has 2 atom stereocenters. The summed E-state index contributed by atoms with van der Waals surface area (Å²) in [6, 6.07) is 8.44. The topological polar surface area (TPSA) is 52.1 Å². The van der Waals surface area contributed by atoms with Gasteiger partial charge >= 0.3 is 5.97 Å². The first kappa shape index (κ1) is 15.6. The fourth-order valence-corrected chi connectivity index (χ4v) is 5.04. The molecule has 0 N–H and O–H groups in total. The molecular formula is C18H16N2O2S2. The van der Waals surface area contributed by atoms with E-state index < -0.39 is 0 Å². The van der Waals surface area contributed by atoms with Gasteiger partial charge in [0, 0.05) is 17.4 Å². The van der Waals surface area contributed by atoms with Crippen molar-refractivity contribution >= 4 is 39.3 Å². The van der Waals surface area contributed by atoms with Crippen LogP contribution in [0.5, 0.6) is 0 Å². The molecule has 0 bridgehead atoms. The van der Waals surface area contributed by atoms with E-state index in [1.165, 1.54) is 17.3 Å². The Bertz CT molecular complexity index is 905. The van der Waals surface area contributed by atoms with E-state index in [0.29, 0.717) is 0 Å². The minimum absolute atomic E-state index is 0.0219. The summed E-state index contributed by atoms with van der Waals surface area (Å²) < 4.78 is 5.27. The number of hydrogen-bond donors (Lipinski definition) is 0. The van der Waals surface area contributed by atoms with Gasteiger partial charge in [0.2, 0.25) is 0 Å². The summed E-state index contributed by atoms with van der Waals surface area (Å²) in [7, 11) is 0. The minimum Gasteiger partial charge on any atom is -0.462 e. The van der Waals surface area contributed by atoms with Gasteiger partial charge in [-0.2, -0.15) is 0 Å². The Labute approximate surface area is 148 Å². The second-order valence-electron chi connectivity index (χ2n) is 5.96. The molecule has 0 saturated carbocycles. The molecule has 1 aliphatic rings. The number of thioether (sulfide) groups is 1. The highest BCUT2D eigenvalue weighted by molar-refractivity contribution is 8.00. The van der Waals surface area contributed by atoms with E-state index in [0.717, 1.165) is 32.8 Å². The zero-order chi connectivity index (χ0) is 16.7. The second-order valence-corrected chi connectivity index (χ2v) is 8.01. The average molecular weight is 356 g/mol. The number of cyclic esters (lactones) is 1. The first-order valence-electron chi connectivity index (χ1n) is 7.78. The van der Waals surface area contributed by atoms with Crippen LogP contribution in [0.15, 0.2) is 41.0 Å². The Morgan fingerprint density at radius 3 is 2.75 bits per heavy atom. The molecule has 1 fully saturated rings. The molecule has 0 unspecified atom stereocenters. The molecule has 1 saturated heterocycles. The van der Waals surface area contributed by atoms with Gasteiger partial charge in [0.05, 0.1) is 5.39 Å². The Balaban J connectivity index is 1.77. The van der Waals surface area contributed by atoms with Crippen LogP contribution in [0, 0.1) is 6.92 Å². The van der Waals surface area contributed by atoms with Crippen LogP contribution in [-0.4, -0.2) is 27.3 Å². The van der Waals surface area contributed by atoms with Crippen molar-refractivity contribution in [2.24, 2.45) is 0 Å². The van der Waals surface area contributed by atoms with E-state index in [-0.39, 0.29) is 17.3 Å².